The first kappa shape index (κ1) is 27.7. The Balaban J connectivity index is 0.00000210. The number of fused-ring (bicyclic) bond motifs is 1. The van der Waals surface area contributed by atoms with Crippen LogP contribution in [0.5, 0.6) is 0 Å². The fourth-order valence-electron chi connectivity index (χ4n) is 3.14. The maximum Gasteiger partial charge on any atom is 0.428 e. The Labute approximate surface area is 198 Å². The van der Waals surface area contributed by atoms with Gasteiger partial charge in [-0.05, 0) is 39.4 Å². The van der Waals surface area contributed by atoms with Gasteiger partial charge in [0.15, 0.2) is 17.8 Å². The monoisotopic (exact) mass is 496 g/mol. The van der Waals surface area contributed by atoms with E-state index in [0.29, 0.717) is 5.56 Å². The van der Waals surface area contributed by atoms with Crippen LogP contribution in [0.2, 0.25) is 0 Å². The molecule has 0 saturated carbocycles. The lowest BCUT2D eigenvalue weighted by molar-refractivity contribution is -0.249. The smallest absolute Gasteiger partial charge is 0.389 e. The lowest BCUT2D eigenvalue weighted by atomic mass is 9.91. The minimum atomic E-state index is -5.24. The van der Waals surface area contributed by atoms with Crippen molar-refractivity contribution in [1.82, 2.24) is 19.7 Å². The summed E-state index contributed by atoms with van der Waals surface area (Å²) in [4.78, 5) is 31.8. The Hall–Kier alpha value is -3.55. The summed E-state index contributed by atoms with van der Waals surface area (Å²) in [6, 6.07) is 3.37. The number of carbonyl (C=O) groups excluding carboxylic acids is 2. The van der Waals surface area contributed by atoms with Crippen molar-refractivity contribution < 1.29 is 33.0 Å². The van der Waals surface area contributed by atoms with Crippen molar-refractivity contribution in [3.63, 3.8) is 0 Å². The molecule has 7 N–H and O–H groups in total. The summed E-state index contributed by atoms with van der Waals surface area (Å²) in [5.74, 6) is -0.742. The molecule has 1 atom stereocenters. The molecule has 3 aromatic rings. The molecule has 0 bridgehead atoms. The fourth-order valence-corrected chi connectivity index (χ4v) is 3.14. The lowest BCUT2D eigenvalue weighted by Crippen LogP contribution is -2.43. The van der Waals surface area contributed by atoms with Crippen LogP contribution in [-0.2, 0) is 10.4 Å². The van der Waals surface area contributed by atoms with E-state index >= 15 is 0 Å². The van der Waals surface area contributed by atoms with Gasteiger partial charge in [0.1, 0.15) is 5.69 Å². The van der Waals surface area contributed by atoms with Gasteiger partial charge in [-0.2, -0.15) is 13.2 Å². The number of carbonyl (C=O) groups is 2. The summed E-state index contributed by atoms with van der Waals surface area (Å²) in [6.45, 7) is 4.56. The van der Waals surface area contributed by atoms with Gasteiger partial charge in [-0.3, -0.25) is 14.0 Å². The average molecular weight is 496 g/mol. The van der Waals surface area contributed by atoms with Gasteiger partial charge in [-0.15, -0.1) is 0 Å². The molecule has 190 valence electrons. The Morgan fingerprint density at radius 3 is 2.40 bits per heavy atom. The number of aromatic nitrogens is 3. The summed E-state index contributed by atoms with van der Waals surface area (Å²) < 4.78 is 41.5. The lowest BCUT2D eigenvalue weighted by Gasteiger charge is -2.26. The highest BCUT2D eigenvalue weighted by Crippen LogP contribution is 2.39. The van der Waals surface area contributed by atoms with Crippen LogP contribution in [0.1, 0.15) is 35.5 Å². The van der Waals surface area contributed by atoms with Crippen LogP contribution in [0, 0.1) is 6.92 Å². The van der Waals surface area contributed by atoms with Crippen LogP contribution < -0.4 is 16.8 Å². The molecule has 0 aliphatic heterocycles. The highest BCUT2D eigenvalue weighted by atomic mass is 19.4. The number of benzene rings is 1. The number of amides is 1. The topological polar surface area (TPSA) is 169 Å². The quantitative estimate of drug-likeness (QED) is 0.318. The summed E-state index contributed by atoms with van der Waals surface area (Å²) >= 11 is 0. The second-order valence-electron chi connectivity index (χ2n) is 8.26. The molecule has 1 aromatic carbocycles. The molecule has 0 radical (unpaired) electrons. The molecule has 0 spiro atoms. The van der Waals surface area contributed by atoms with Gasteiger partial charge in [0, 0.05) is 23.9 Å². The van der Waals surface area contributed by atoms with E-state index in [0.717, 1.165) is 12.1 Å². The first-order chi connectivity index (χ1) is 16.2. The molecule has 1 amide bonds. The number of nitrogens with one attached hydrogen (secondary N) is 1. The molecular weight excluding hydrogens is 469 g/mol. The number of aldehydes is 1. The van der Waals surface area contributed by atoms with Gasteiger partial charge in [-0.1, -0.05) is 12.1 Å². The molecule has 0 saturated heterocycles. The van der Waals surface area contributed by atoms with Gasteiger partial charge in [0.2, 0.25) is 5.60 Å². The molecule has 0 aliphatic rings. The molecule has 10 nitrogen and oxygen atoms in total. The Kier molecular flexibility index (Phi) is 7.89. The molecule has 3 rings (SSSR count). The number of nitrogens with two attached hydrogens (primary N) is 2. The van der Waals surface area contributed by atoms with E-state index in [1.807, 2.05) is 0 Å². The third-order valence-corrected chi connectivity index (χ3v) is 4.99. The predicted molar refractivity (Wildman–Crippen MR) is 122 cm³/mol. The number of nitrogens with zero attached hydrogens (tertiary/aromatic N) is 3. The highest BCUT2D eigenvalue weighted by molar-refractivity contribution is 5.93. The van der Waals surface area contributed by atoms with E-state index in [9.17, 15) is 33.0 Å². The number of hydrogen-bond acceptors (Lipinski definition) is 8. The number of anilines is 1. The van der Waals surface area contributed by atoms with Gasteiger partial charge in [-0.25, -0.2) is 9.97 Å². The van der Waals surface area contributed by atoms with Crippen molar-refractivity contribution in [2.24, 2.45) is 5.73 Å². The molecule has 2 aromatic heterocycles. The van der Waals surface area contributed by atoms with E-state index in [4.69, 9.17) is 5.73 Å². The van der Waals surface area contributed by atoms with E-state index in [2.05, 4.69) is 21.0 Å². The van der Waals surface area contributed by atoms with Crippen molar-refractivity contribution >= 4 is 23.7 Å². The molecule has 13 heteroatoms. The summed E-state index contributed by atoms with van der Waals surface area (Å²) in [5.41, 5.74) is 5.91. The van der Waals surface area contributed by atoms with E-state index < -0.39 is 35.1 Å². The van der Waals surface area contributed by atoms with Crippen molar-refractivity contribution in [1.29, 1.82) is 0 Å². The second-order valence-corrected chi connectivity index (χ2v) is 8.26. The first-order valence-corrected chi connectivity index (χ1v) is 10.3. The predicted octanol–water partition coefficient (Wildman–Crippen LogP) is 1.31. The zero-order valence-corrected chi connectivity index (χ0v) is 19.5. The number of hydrogen-bond donors (Lipinski definition) is 5. The van der Waals surface area contributed by atoms with Gasteiger partial charge < -0.3 is 27.0 Å². The van der Waals surface area contributed by atoms with Crippen LogP contribution in [0.3, 0.4) is 0 Å². The maximum atomic E-state index is 13.4. The summed E-state index contributed by atoms with van der Waals surface area (Å²) in [7, 11) is 1.50. The number of nitrogen functional groups attached to an aromatic ring is 1. The molecule has 1 unspecified atom stereocenters. The minimum Gasteiger partial charge on any atom is -0.389 e. The van der Waals surface area contributed by atoms with Gasteiger partial charge in [0.25, 0.3) is 5.91 Å². The third kappa shape index (κ3) is 5.58. The largest absolute Gasteiger partial charge is 0.428 e. The normalized spacial score (nSPS) is 13.5. The van der Waals surface area contributed by atoms with Crippen LogP contribution in [-0.4, -0.2) is 62.1 Å². The molecule has 2 heterocycles. The third-order valence-electron chi connectivity index (χ3n) is 4.99. The number of rotatable bonds is 6. The van der Waals surface area contributed by atoms with Crippen LogP contribution in [0.25, 0.3) is 16.9 Å². The molecular formula is C22H27F3N6O4. The maximum absolute atomic E-state index is 13.4. The number of halogens is 3. The van der Waals surface area contributed by atoms with E-state index in [1.165, 1.54) is 43.8 Å². The van der Waals surface area contributed by atoms with Crippen molar-refractivity contribution in [3.8, 4) is 11.3 Å². The van der Waals surface area contributed by atoms with Crippen molar-refractivity contribution in [2.45, 2.75) is 38.1 Å². The van der Waals surface area contributed by atoms with Gasteiger partial charge >= 0.3 is 6.18 Å². The van der Waals surface area contributed by atoms with E-state index in [1.54, 1.807) is 6.92 Å². The van der Waals surface area contributed by atoms with Crippen LogP contribution >= 0.6 is 0 Å². The number of aliphatic hydroxyl groups is 2. The number of imidazole rings is 1. The van der Waals surface area contributed by atoms with E-state index in [-0.39, 0.29) is 35.0 Å². The van der Waals surface area contributed by atoms with Crippen molar-refractivity contribution in [2.75, 3.05) is 19.3 Å². The highest BCUT2D eigenvalue weighted by Gasteiger charge is 2.55. The number of alkyl halides is 3. The molecule has 35 heavy (non-hydrogen) atoms. The van der Waals surface area contributed by atoms with Crippen molar-refractivity contribution in [3.05, 3.63) is 47.4 Å². The van der Waals surface area contributed by atoms with Crippen LogP contribution in [0.4, 0.5) is 19.0 Å². The Morgan fingerprint density at radius 1 is 1.23 bits per heavy atom. The second kappa shape index (κ2) is 9.98. The standard InChI is InChI=1S/C21H22F3N5O4.CH5N/c1-11-4-5-12(20(33,10-30)21(22,23)24)6-13(11)15-7-26-17-16(25)28-14(8-29(15)17)18(31)27-9-19(2,3)32;1-2/h4-8,10,32-33H,9H2,1-3H3,(H2,25,28)(H,27,31);2H2,1H3. The van der Waals surface area contributed by atoms with Gasteiger partial charge in [0.05, 0.1) is 17.5 Å². The average Bonchev–Trinajstić information content (AvgIpc) is 3.21. The molecule has 0 fully saturated rings. The zero-order valence-electron chi connectivity index (χ0n) is 19.5. The Bertz CT molecular complexity index is 1240. The SMILES string of the molecule is CN.Cc1ccc(C(O)(C=O)C(F)(F)F)cc1-c1cnc2c(N)nc(C(=O)NCC(C)(C)O)cn12. The summed E-state index contributed by atoms with van der Waals surface area (Å²) in [6.07, 6.45) is -3.18. The Morgan fingerprint density at radius 2 is 1.86 bits per heavy atom. The number of aryl methyl sites for hydroxylation is 1. The fraction of sp³-hybridized carbons (Fsp3) is 0.364. The molecule has 0 aliphatic carbocycles. The zero-order chi connectivity index (χ0) is 26.8. The minimum absolute atomic E-state index is 0.0644. The van der Waals surface area contributed by atoms with Crippen LogP contribution in [0.15, 0.2) is 30.6 Å². The first-order valence-electron chi connectivity index (χ1n) is 10.3. The summed E-state index contributed by atoms with van der Waals surface area (Å²) in [5, 5.41) is 22.3.